The molecule has 1 saturated heterocycles. The quantitative estimate of drug-likeness (QED) is 0.233. The van der Waals surface area contributed by atoms with Crippen LogP contribution in [-0.4, -0.2) is 41.9 Å². The van der Waals surface area contributed by atoms with Crippen molar-refractivity contribution in [3.05, 3.63) is 90.5 Å². The average molecular weight is 467 g/mol. The van der Waals surface area contributed by atoms with Crippen molar-refractivity contribution in [1.29, 1.82) is 0 Å². The van der Waals surface area contributed by atoms with E-state index in [9.17, 15) is 0 Å². The minimum absolute atomic E-state index is 0.900. The van der Waals surface area contributed by atoms with Crippen LogP contribution in [0.1, 0.15) is 18.9 Å². The SMILES string of the molecule is CCC(=Nc1sc(-c2ccccc2)nc1-c1ccc(C)cc1)N1CCN(c2ccccc2)CC1. The summed E-state index contributed by atoms with van der Waals surface area (Å²) in [5.74, 6) is 1.14. The first-order chi connectivity index (χ1) is 16.7. The van der Waals surface area contributed by atoms with Gasteiger partial charge in [0.25, 0.3) is 0 Å². The van der Waals surface area contributed by atoms with Crippen molar-refractivity contribution in [2.24, 2.45) is 4.99 Å². The number of hydrogen-bond acceptors (Lipinski definition) is 4. The molecule has 4 aromatic rings. The van der Waals surface area contributed by atoms with Crippen molar-refractivity contribution >= 4 is 27.9 Å². The Bertz CT molecular complexity index is 1240. The van der Waals surface area contributed by atoms with Crippen LogP contribution in [0, 0.1) is 6.92 Å². The van der Waals surface area contributed by atoms with Crippen LogP contribution in [0.2, 0.25) is 0 Å². The summed E-state index contributed by atoms with van der Waals surface area (Å²) in [5.41, 5.74) is 5.77. The molecule has 0 N–H and O–H groups in total. The Morgan fingerprint density at radius 2 is 1.47 bits per heavy atom. The van der Waals surface area contributed by atoms with Gasteiger partial charge in [0.15, 0.2) is 0 Å². The van der Waals surface area contributed by atoms with Gasteiger partial charge in [-0.25, -0.2) is 9.98 Å². The number of rotatable bonds is 5. The number of amidine groups is 1. The normalized spacial score (nSPS) is 14.5. The van der Waals surface area contributed by atoms with Gasteiger partial charge in [0.1, 0.15) is 21.5 Å². The maximum absolute atomic E-state index is 5.22. The lowest BCUT2D eigenvalue weighted by Gasteiger charge is -2.37. The van der Waals surface area contributed by atoms with Crippen LogP contribution in [-0.2, 0) is 0 Å². The summed E-state index contributed by atoms with van der Waals surface area (Å²) in [6.45, 7) is 8.28. The Morgan fingerprint density at radius 1 is 0.824 bits per heavy atom. The average Bonchev–Trinajstić information content (AvgIpc) is 3.33. The molecular weight excluding hydrogens is 436 g/mol. The van der Waals surface area contributed by atoms with Crippen LogP contribution in [0.25, 0.3) is 21.8 Å². The molecule has 1 aliphatic rings. The van der Waals surface area contributed by atoms with Crippen molar-refractivity contribution < 1.29 is 0 Å². The number of thiazole rings is 1. The second kappa shape index (κ2) is 10.2. The Balaban J connectivity index is 1.44. The topological polar surface area (TPSA) is 31.7 Å². The number of aliphatic imine (C=N–C) groups is 1. The van der Waals surface area contributed by atoms with Gasteiger partial charge in [-0.1, -0.05) is 96.6 Å². The first-order valence-electron chi connectivity index (χ1n) is 12.0. The van der Waals surface area contributed by atoms with E-state index in [1.165, 1.54) is 11.3 Å². The predicted molar refractivity (Wildman–Crippen MR) is 145 cm³/mol. The van der Waals surface area contributed by atoms with Crippen LogP contribution in [0.5, 0.6) is 0 Å². The second-order valence-corrected chi connectivity index (χ2v) is 9.57. The molecule has 0 radical (unpaired) electrons. The first kappa shape index (κ1) is 22.4. The summed E-state index contributed by atoms with van der Waals surface area (Å²) in [7, 11) is 0. The molecule has 0 aliphatic carbocycles. The zero-order valence-electron chi connectivity index (χ0n) is 19.8. The maximum Gasteiger partial charge on any atom is 0.146 e. The minimum Gasteiger partial charge on any atom is -0.368 e. The van der Waals surface area contributed by atoms with Crippen molar-refractivity contribution in [3.8, 4) is 21.8 Å². The molecule has 0 unspecified atom stereocenters. The van der Waals surface area contributed by atoms with Crippen LogP contribution in [0.15, 0.2) is 89.9 Å². The van der Waals surface area contributed by atoms with Crippen molar-refractivity contribution in [2.75, 3.05) is 31.1 Å². The highest BCUT2D eigenvalue weighted by atomic mass is 32.1. The van der Waals surface area contributed by atoms with E-state index < -0.39 is 0 Å². The van der Waals surface area contributed by atoms with Gasteiger partial charge in [-0.3, -0.25) is 0 Å². The number of nitrogens with zero attached hydrogens (tertiary/aromatic N) is 4. The number of aromatic nitrogens is 1. The molecule has 0 saturated carbocycles. The summed E-state index contributed by atoms with van der Waals surface area (Å²) in [4.78, 5) is 15.2. The van der Waals surface area contributed by atoms with Crippen LogP contribution in [0.4, 0.5) is 10.7 Å². The minimum atomic E-state index is 0.900. The van der Waals surface area contributed by atoms with Crippen LogP contribution in [0.3, 0.4) is 0 Å². The summed E-state index contributed by atoms with van der Waals surface area (Å²) >= 11 is 1.68. The smallest absolute Gasteiger partial charge is 0.146 e. The Labute approximate surface area is 206 Å². The Morgan fingerprint density at radius 3 is 2.12 bits per heavy atom. The van der Waals surface area contributed by atoms with Crippen molar-refractivity contribution in [2.45, 2.75) is 20.3 Å². The molecule has 5 heteroatoms. The summed E-state index contributed by atoms with van der Waals surface area (Å²) in [6, 6.07) is 29.7. The van der Waals surface area contributed by atoms with Crippen LogP contribution < -0.4 is 4.90 Å². The van der Waals surface area contributed by atoms with Gasteiger partial charge < -0.3 is 9.80 Å². The molecule has 1 aromatic heterocycles. The molecule has 5 rings (SSSR count). The van der Waals surface area contributed by atoms with E-state index in [0.717, 1.165) is 65.3 Å². The number of para-hydroxylation sites is 1. The Hall–Kier alpha value is -3.44. The lowest BCUT2D eigenvalue weighted by molar-refractivity contribution is 0.380. The van der Waals surface area contributed by atoms with E-state index in [1.54, 1.807) is 11.3 Å². The summed E-state index contributed by atoms with van der Waals surface area (Å²) in [6.07, 6.45) is 0.900. The maximum atomic E-state index is 5.22. The van der Waals surface area contributed by atoms with Gasteiger partial charge in [-0.05, 0) is 19.1 Å². The van der Waals surface area contributed by atoms with Gasteiger partial charge in [0, 0.05) is 49.4 Å². The first-order valence-corrected chi connectivity index (χ1v) is 12.8. The predicted octanol–water partition coefficient (Wildman–Crippen LogP) is 7.05. The van der Waals surface area contributed by atoms with E-state index in [4.69, 9.17) is 9.98 Å². The highest BCUT2D eigenvalue weighted by molar-refractivity contribution is 7.19. The van der Waals surface area contributed by atoms with E-state index in [0.29, 0.717) is 0 Å². The largest absolute Gasteiger partial charge is 0.368 e. The second-order valence-electron chi connectivity index (χ2n) is 8.60. The number of anilines is 1. The molecule has 4 nitrogen and oxygen atoms in total. The van der Waals surface area contributed by atoms with E-state index in [2.05, 4.69) is 103 Å². The number of aryl methyl sites for hydroxylation is 1. The number of benzene rings is 3. The fourth-order valence-electron chi connectivity index (χ4n) is 4.34. The number of piperazine rings is 1. The highest BCUT2D eigenvalue weighted by Crippen LogP contribution is 2.40. The monoisotopic (exact) mass is 466 g/mol. The summed E-state index contributed by atoms with van der Waals surface area (Å²) in [5, 5.41) is 2.00. The third kappa shape index (κ3) is 4.90. The Kier molecular flexibility index (Phi) is 6.72. The lowest BCUT2D eigenvalue weighted by atomic mass is 10.1. The fraction of sp³-hybridized carbons (Fsp3) is 0.241. The molecule has 0 amide bonds. The van der Waals surface area contributed by atoms with Gasteiger partial charge in [-0.15, -0.1) is 0 Å². The van der Waals surface area contributed by atoms with Crippen molar-refractivity contribution in [3.63, 3.8) is 0 Å². The fourth-order valence-corrected chi connectivity index (χ4v) is 5.33. The molecule has 34 heavy (non-hydrogen) atoms. The molecule has 2 heterocycles. The molecule has 0 spiro atoms. The standard InChI is InChI=1S/C29H30N4S/c1-3-26(33-20-18-32(19-21-33)25-12-8-5-9-13-25)30-29-27(23-16-14-22(2)15-17-23)31-28(34-29)24-10-6-4-7-11-24/h4-17H,3,18-21H2,1-2H3. The van der Waals surface area contributed by atoms with Gasteiger partial charge >= 0.3 is 0 Å². The van der Waals surface area contributed by atoms with E-state index >= 15 is 0 Å². The van der Waals surface area contributed by atoms with Crippen LogP contribution >= 0.6 is 11.3 Å². The van der Waals surface area contributed by atoms with Crippen molar-refractivity contribution in [1.82, 2.24) is 9.88 Å². The highest BCUT2D eigenvalue weighted by Gasteiger charge is 2.21. The van der Waals surface area contributed by atoms with Gasteiger partial charge in [-0.2, -0.15) is 0 Å². The molecule has 172 valence electrons. The summed E-state index contributed by atoms with van der Waals surface area (Å²) < 4.78 is 0. The van der Waals surface area contributed by atoms with Gasteiger partial charge in [0.2, 0.25) is 0 Å². The van der Waals surface area contributed by atoms with E-state index in [1.807, 2.05) is 6.07 Å². The zero-order valence-corrected chi connectivity index (χ0v) is 20.6. The zero-order chi connectivity index (χ0) is 23.3. The molecule has 0 atom stereocenters. The van der Waals surface area contributed by atoms with Gasteiger partial charge in [0.05, 0.1) is 0 Å². The molecular formula is C29H30N4S. The third-order valence-electron chi connectivity index (χ3n) is 6.27. The number of hydrogen-bond donors (Lipinski definition) is 0. The lowest BCUT2D eigenvalue weighted by Crippen LogP contribution is -2.48. The molecule has 1 aliphatic heterocycles. The van der Waals surface area contributed by atoms with E-state index in [-0.39, 0.29) is 0 Å². The molecule has 0 bridgehead atoms. The molecule has 3 aromatic carbocycles. The third-order valence-corrected chi connectivity index (χ3v) is 7.27. The molecule has 1 fully saturated rings.